The van der Waals surface area contributed by atoms with Crippen molar-refractivity contribution in [2.75, 3.05) is 0 Å². The van der Waals surface area contributed by atoms with Gasteiger partial charge in [0.25, 0.3) is 0 Å². The molecule has 3 rings (SSSR count). The zero-order valence-corrected chi connectivity index (χ0v) is 13.2. The maximum atomic E-state index is 9.81. The molecule has 1 saturated carbocycles. The number of aliphatic hydroxyl groups excluding tert-OH is 1. The highest BCUT2D eigenvalue weighted by Crippen LogP contribution is 2.45. The Bertz CT molecular complexity index is 349. The molecule has 1 N–H and O–H groups in total. The normalized spacial score (nSPS) is 38.7. The first-order valence-corrected chi connectivity index (χ1v) is 9.14. The van der Waals surface area contributed by atoms with Crippen LogP contribution in [0.2, 0.25) is 0 Å². The van der Waals surface area contributed by atoms with Gasteiger partial charge in [0.2, 0.25) is 0 Å². The van der Waals surface area contributed by atoms with Crippen molar-refractivity contribution in [2.24, 2.45) is 17.8 Å². The summed E-state index contributed by atoms with van der Waals surface area (Å²) in [6, 6.07) is 0. The van der Waals surface area contributed by atoms with Crippen LogP contribution >= 0.6 is 0 Å². The van der Waals surface area contributed by atoms with Crippen molar-refractivity contribution in [3.05, 3.63) is 11.1 Å². The molecule has 2 unspecified atom stereocenters. The van der Waals surface area contributed by atoms with Gasteiger partial charge in [0.15, 0.2) is 0 Å². The van der Waals surface area contributed by atoms with Crippen molar-refractivity contribution in [1.82, 2.24) is 0 Å². The average Bonchev–Trinajstić information content (AvgIpc) is 2.48. The lowest BCUT2D eigenvalue weighted by atomic mass is 9.67. The number of rotatable bonds is 3. The second-order valence-corrected chi connectivity index (χ2v) is 7.68. The fraction of sp³-hybridized carbons (Fsp3) is 0.895. The Labute approximate surface area is 124 Å². The van der Waals surface area contributed by atoms with E-state index in [-0.39, 0.29) is 6.10 Å². The van der Waals surface area contributed by atoms with E-state index in [0.29, 0.717) is 0 Å². The van der Waals surface area contributed by atoms with Crippen LogP contribution < -0.4 is 0 Å². The topological polar surface area (TPSA) is 20.2 Å². The van der Waals surface area contributed by atoms with Gasteiger partial charge in [-0.2, -0.15) is 0 Å². The molecule has 114 valence electrons. The Morgan fingerprint density at radius 3 is 2.30 bits per heavy atom. The molecular formula is C19H32O. The lowest BCUT2D eigenvalue weighted by Gasteiger charge is -2.39. The van der Waals surface area contributed by atoms with Gasteiger partial charge in [-0.3, -0.25) is 0 Å². The zero-order chi connectivity index (χ0) is 13.9. The highest BCUT2D eigenvalue weighted by Gasteiger charge is 2.32. The predicted octanol–water partition coefficient (Wildman–Crippen LogP) is 5.23. The molecule has 1 fully saturated rings. The first kappa shape index (κ1) is 14.6. The summed E-state index contributed by atoms with van der Waals surface area (Å²) in [5.74, 6) is 3.04. The van der Waals surface area contributed by atoms with Gasteiger partial charge in [-0.05, 0) is 69.1 Å². The highest BCUT2D eigenvalue weighted by molar-refractivity contribution is 5.22. The van der Waals surface area contributed by atoms with Crippen molar-refractivity contribution in [1.29, 1.82) is 0 Å². The van der Waals surface area contributed by atoms with Crippen LogP contribution in [-0.2, 0) is 0 Å². The van der Waals surface area contributed by atoms with Crippen molar-refractivity contribution in [2.45, 2.75) is 90.1 Å². The Hall–Kier alpha value is -0.300. The summed E-state index contributed by atoms with van der Waals surface area (Å²) < 4.78 is 0. The average molecular weight is 276 g/mol. The smallest absolute Gasteiger partial charge is 0.0580 e. The SMILES string of the molecule is CCCC1CCC(C2CCC3=C(CCC(O)C3)C2)CC1. The van der Waals surface area contributed by atoms with Crippen LogP contribution in [0.25, 0.3) is 0 Å². The molecule has 0 amide bonds. The van der Waals surface area contributed by atoms with E-state index in [9.17, 15) is 5.11 Å². The molecule has 3 aliphatic rings. The lowest BCUT2D eigenvalue weighted by Crippen LogP contribution is -2.27. The quantitative estimate of drug-likeness (QED) is 0.699. The van der Waals surface area contributed by atoms with E-state index >= 15 is 0 Å². The molecule has 0 spiro atoms. The van der Waals surface area contributed by atoms with Crippen molar-refractivity contribution in [3.8, 4) is 0 Å². The first-order valence-electron chi connectivity index (χ1n) is 9.14. The molecule has 20 heavy (non-hydrogen) atoms. The molecular weight excluding hydrogens is 244 g/mol. The molecule has 0 aromatic heterocycles. The minimum atomic E-state index is -0.0326. The largest absolute Gasteiger partial charge is 0.393 e. The van der Waals surface area contributed by atoms with Crippen LogP contribution in [0.1, 0.15) is 84.0 Å². The van der Waals surface area contributed by atoms with E-state index in [1.54, 1.807) is 11.1 Å². The molecule has 0 saturated heterocycles. The van der Waals surface area contributed by atoms with Crippen LogP contribution in [0.15, 0.2) is 11.1 Å². The summed E-state index contributed by atoms with van der Waals surface area (Å²) in [6.45, 7) is 2.33. The molecule has 2 atom stereocenters. The van der Waals surface area contributed by atoms with Gasteiger partial charge in [0.05, 0.1) is 6.10 Å². The summed E-state index contributed by atoms with van der Waals surface area (Å²) in [5, 5.41) is 9.81. The minimum Gasteiger partial charge on any atom is -0.393 e. The van der Waals surface area contributed by atoms with E-state index in [4.69, 9.17) is 0 Å². The molecule has 0 aromatic rings. The van der Waals surface area contributed by atoms with Crippen LogP contribution in [0.3, 0.4) is 0 Å². The van der Waals surface area contributed by atoms with Gasteiger partial charge in [0.1, 0.15) is 0 Å². The fourth-order valence-electron chi connectivity index (χ4n) is 5.11. The summed E-state index contributed by atoms with van der Waals surface area (Å²) in [4.78, 5) is 0. The van der Waals surface area contributed by atoms with Crippen LogP contribution in [0.4, 0.5) is 0 Å². The van der Waals surface area contributed by atoms with Gasteiger partial charge in [-0.1, -0.05) is 43.8 Å². The fourth-order valence-corrected chi connectivity index (χ4v) is 5.11. The third kappa shape index (κ3) is 3.30. The van der Waals surface area contributed by atoms with E-state index in [1.165, 1.54) is 64.2 Å². The van der Waals surface area contributed by atoms with Crippen LogP contribution in [0.5, 0.6) is 0 Å². The van der Waals surface area contributed by atoms with Crippen molar-refractivity contribution >= 4 is 0 Å². The minimum absolute atomic E-state index is 0.0326. The maximum Gasteiger partial charge on any atom is 0.0580 e. The summed E-state index contributed by atoms with van der Waals surface area (Å²) in [5.41, 5.74) is 3.39. The molecule has 1 nitrogen and oxygen atoms in total. The molecule has 0 aromatic carbocycles. The van der Waals surface area contributed by atoms with E-state index in [2.05, 4.69) is 6.92 Å². The monoisotopic (exact) mass is 276 g/mol. The number of hydrogen-bond acceptors (Lipinski definition) is 1. The Morgan fingerprint density at radius 1 is 0.850 bits per heavy atom. The molecule has 0 bridgehead atoms. The van der Waals surface area contributed by atoms with Crippen LogP contribution in [0, 0.1) is 17.8 Å². The number of aliphatic hydroxyl groups is 1. The third-order valence-corrected chi connectivity index (χ3v) is 6.34. The van der Waals surface area contributed by atoms with E-state index in [1.807, 2.05) is 0 Å². The second kappa shape index (κ2) is 6.64. The van der Waals surface area contributed by atoms with Gasteiger partial charge in [-0.25, -0.2) is 0 Å². The van der Waals surface area contributed by atoms with E-state index < -0.39 is 0 Å². The van der Waals surface area contributed by atoms with Gasteiger partial charge < -0.3 is 5.11 Å². The lowest BCUT2D eigenvalue weighted by molar-refractivity contribution is 0.143. The summed E-state index contributed by atoms with van der Waals surface area (Å²) >= 11 is 0. The van der Waals surface area contributed by atoms with Crippen LogP contribution in [-0.4, -0.2) is 11.2 Å². The molecule has 3 aliphatic carbocycles. The Kier molecular flexibility index (Phi) is 4.86. The second-order valence-electron chi connectivity index (χ2n) is 7.68. The summed E-state index contributed by atoms with van der Waals surface area (Å²) in [6.07, 6.45) is 16.1. The first-order chi connectivity index (χ1) is 9.76. The maximum absolute atomic E-state index is 9.81. The summed E-state index contributed by atoms with van der Waals surface area (Å²) in [7, 11) is 0. The zero-order valence-electron chi connectivity index (χ0n) is 13.2. The van der Waals surface area contributed by atoms with Gasteiger partial charge in [0, 0.05) is 0 Å². The van der Waals surface area contributed by atoms with Crippen molar-refractivity contribution in [3.63, 3.8) is 0 Å². The van der Waals surface area contributed by atoms with Crippen molar-refractivity contribution < 1.29 is 5.11 Å². The highest BCUT2D eigenvalue weighted by atomic mass is 16.3. The Morgan fingerprint density at radius 2 is 1.55 bits per heavy atom. The van der Waals surface area contributed by atoms with E-state index in [0.717, 1.165) is 30.6 Å². The molecule has 1 heteroatoms. The predicted molar refractivity (Wildman–Crippen MR) is 84.6 cm³/mol. The number of allylic oxidation sites excluding steroid dienone is 1. The molecule has 0 heterocycles. The van der Waals surface area contributed by atoms with Gasteiger partial charge in [-0.15, -0.1) is 0 Å². The standard InChI is InChI=1S/C19H32O/c1-2-3-14-4-6-15(7-5-14)16-8-9-18-13-19(20)11-10-17(18)12-16/h14-16,19-20H,2-13H2,1H3. The Balaban J connectivity index is 1.53. The third-order valence-electron chi connectivity index (χ3n) is 6.34. The molecule has 0 radical (unpaired) electrons. The molecule has 0 aliphatic heterocycles. The van der Waals surface area contributed by atoms with Gasteiger partial charge >= 0.3 is 0 Å². The number of hydrogen-bond donors (Lipinski definition) is 1.